The van der Waals surface area contributed by atoms with Crippen LogP contribution in [0.5, 0.6) is 0 Å². The first-order valence-electron chi connectivity index (χ1n) is 8.14. The average molecular weight is 280 g/mol. The monoisotopic (exact) mass is 280 g/mol. The normalized spacial score (nSPS) is 18.0. The molecule has 0 radical (unpaired) electrons. The van der Waals surface area contributed by atoms with Crippen molar-refractivity contribution in [3.8, 4) is 0 Å². The van der Waals surface area contributed by atoms with E-state index in [2.05, 4.69) is 34.2 Å². The minimum absolute atomic E-state index is 0.447. The van der Waals surface area contributed by atoms with Crippen molar-refractivity contribution >= 4 is 5.95 Å². The van der Waals surface area contributed by atoms with Crippen molar-refractivity contribution in [1.82, 2.24) is 15.5 Å². The molecule has 0 aliphatic carbocycles. The molecular weight excluding hydrogens is 252 g/mol. The standard InChI is InChI=1S/C15H28N4O/c1-3-9-13(16-4-2)12-14-17-15(18-20-14)19-10-7-5-6-8-11-19/h13,16H,3-12H2,1-2H3. The summed E-state index contributed by atoms with van der Waals surface area (Å²) in [7, 11) is 0. The van der Waals surface area contributed by atoms with Crippen LogP contribution < -0.4 is 10.2 Å². The lowest BCUT2D eigenvalue weighted by atomic mass is 10.1. The van der Waals surface area contributed by atoms with Gasteiger partial charge in [-0.3, -0.25) is 0 Å². The molecule has 0 bridgehead atoms. The first-order valence-corrected chi connectivity index (χ1v) is 8.14. The molecule has 20 heavy (non-hydrogen) atoms. The molecule has 0 amide bonds. The van der Waals surface area contributed by atoms with Crippen LogP contribution in [0.1, 0.15) is 58.3 Å². The van der Waals surface area contributed by atoms with Gasteiger partial charge in [0.05, 0.1) is 0 Å². The van der Waals surface area contributed by atoms with Gasteiger partial charge in [0.15, 0.2) is 0 Å². The largest absolute Gasteiger partial charge is 0.338 e. The fraction of sp³-hybridized carbons (Fsp3) is 0.867. The van der Waals surface area contributed by atoms with E-state index in [9.17, 15) is 0 Å². The second-order valence-corrected chi connectivity index (χ2v) is 5.64. The SMILES string of the molecule is CCCC(Cc1nc(N2CCCCCC2)no1)NCC. The van der Waals surface area contributed by atoms with Gasteiger partial charge in [0.25, 0.3) is 5.95 Å². The quantitative estimate of drug-likeness (QED) is 0.832. The van der Waals surface area contributed by atoms with Crippen molar-refractivity contribution in [3.05, 3.63) is 5.89 Å². The summed E-state index contributed by atoms with van der Waals surface area (Å²) in [5.74, 6) is 1.55. The molecule has 1 aromatic heterocycles. The van der Waals surface area contributed by atoms with E-state index < -0.39 is 0 Å². The lowest BCUT2D eigenvalue weighted by Gasteiger charge is -2.17. The maximum atomic E-state index is 5.44. The highest BCUT2D eigenvalue weighted by Gasteiger charge is 2.18. The van der Waals surface area contributed by atoms with Crippen LogP contribution in [-0.2, 0) is 6.42 Å². The van der Waals surface area contributed by atoms with Crippen LogP contribution >= 0.6 is 0 Å². The number of rotatable bonds is 7. The highest BCUT2D eigenvalue weighted by Crippen LogP contribution is 2.17. The maximum absolute atomic E-state index is 5.44. The van der Waals surface area contributed by atoms with Crippen molar-refractivity contribution < 1.29 is 4.52 Å². The molecule has 1 atom stereocenters. The summed E-state index contributed by atoms with van der Waals surface area (Å²) in [6.07, 6.45) is 8.27. The van der Waals surface area contributed by atoms with Gasteiger partial charge in [-0.05, 0) is 31.0 Å². The van der Waals surface area contributed by atoms with Crippen LogP contribution in [-0.4, -0.2) is 35.8 Å². The van der Waals surface area contributed by atoms with Crippen molar-refractivity contribution in [1.29, 1.82) is 0 Å². The molecule has 1 aliphatic heterocycles. The van der Waals surface area contributed by atoms with Crippen molar-refractivity contribution in [2.75, 3.05) is 24.5 Å². The Labute approximate surface area is 122 Å². The van der Waals surface area contributed by atoms with E-state index in [0.29, 0.717) is 6.04 Å². The van der Waals surface area contributed by atoms with Crippen LogP contribution in [0.2, 0.25) is 0 Å². The molecule has 0 spiro atoms. The molecule has 5 nitrogen and oxygen atoms in total. The van der Waals surface area contributed by atoms with Gasteiger partial charge in [-0.1, -0.05) is 33.1 Å². The summed E-state index contributed by atoms with van der Waals surface area (Å²) in [6.45, 7) is 7.45. The molecule has 114 valence electrons. The lowest BCUT2D eigenvalue weighted by Crippen LogP contribution is -2.31. The van der Waals surface area contributed by atoms with Crippen molar-refractivity contribution in [2.45, 2.75) is 64.8 Å². The first kappa shape index (κ1) is 15.3. The number of hydrogen-bond donors (Lipinski definition) is 1. The van der Waals surface area contributed by atoms with Crippen LogP contribution in [0.25, 0.3) is 0 Å². The minimum Gasteiger partial charge on any atom is -0.338 e. The van der Waals surface area contributed by atoms with Gasteiger partial charge >= 0.3 is 0 Å². The Balaban J connectivity index is 1.93. The summed E-state index contributed by atoms with van der Waals surface area (Å²) < 4.78 is 5.44. The summed E-state index contributed by atoms with van der Waals surface area (Å²) in [6, 6.07) is 0.447. The van der Waals surface area contributed by atoms with E-state index in [1.54, 1.807) is 0 Å². The fourth-order valence-corrected chi connectivity index (χ4v) is 2.85. The lowest BCUT2D eigenvalue weighted by molar-refractivity contribution is 0.351. The van der Waals surface area contributed by atoms with E-state index >= 15 is 0 Å². The predicted molar refractivity (Wildman–Crippen MR) is 81.1 cm³/mol. The second kappa shape index (κ2) is 8.25. The van der Waals surface area contributed by atoms with Crippen LogP contribution in [0.15, 0.2) is 4.52 Å². The van der Waals surface area contributed by atoms with E-state index in [1.807, 2.05) is 0 Å². The molecule has 5 heteroatoms. The molecule has 1 N–H and O–H groups in total. The molecule has 1 aliphatic rings. The van der Waals surface area contributed by atoms with Crippen molar-refractivity contribution in [3.63, 3.8) is 0 Å². The van der Waals surface area contributed by atoms with Gasteiger partial charge in [-0.25, -0.2) is 0 Å². The Morgan fingerprint density at radius 1 is 1.20 bits per heavy atom. The van der Waals surface area contributed by atoms with Gasteiger partial charge in [0, 0.05) is 25.6 Å². The van der Waals surface area contributed by atoms with Gasteiger partial charge in [0.1, 0.15) is 0 Å². The molecular formula is C15H28N4O. The summed E-state index contributed by atoms with van der Waals surface area (Å²) >= 11 is 0. The Morgan fingerprint density at radius 3 is 2.60 bits per heavy atom. The molecule has 0 aromatic carbocycles. The third kappa shape index (κ3) is 4.47. The number of nitrogens with zero attached hydrogens (tertiary/aromatic N) is 3. The number of likely N-dealkylation sites (N-methyl/N-ethyl adjacent to an activating group) is 1. The number of nitrogens with one attached hydrogen (secondary N) is 1. The minimum atomic E-state index is 0.447. The summed E-state index contributed by atoms with van der Waals surface area (Å²) in [5.41, 5.74) is 0. The Morgan fingerprint density at radius 2 is 1.95 bits per heavy atom. The van der Waals surface area contributed by atoms with E-state index in [0.717, 1.165) is 44.3 Å². The Hall–Kier alpha value is -1.10. The first-order chi connectivity index (χ1) is 9.83. The van der Waals surface area contributed by atoms with Gasteiger partial charge in [-0.15, -0.1) is 0 Å². The molecule has 0 saturated carbocycles. The van der Waals surface area contributed by atoms with E-state index in [-0.39, 0.29) is 0 Å². The van der Waals surface area contributed by atoms with Crippen LogP contribution in [0, 0.1) is 0 Å². The molecule has 2 heterocycles. The highest BCUT2D eigenvalue weighted by atomic mass is 16.5. The van der Waals surface area contributed by atoms with Crippen LogP contribution in [0.4, 0.5) is 5.95 Å². The van der Waals surface area contributed by atoms with Gasteiger partial charge in [-0.2, -0.15) is 4.98 Å². The number of hydrogen-bond acceptors (Lipinski definition) is 5. The predicted octanol–water partition coefficient (Wildman–Crippen LogP) is 2.77. The Kier molecular flexibility index (Phi) is 6.30. The van der Waals surface area contributed by atoms with E-state index in [1.165, 1.54) is 32.1 Å². The summed E-state index contributed by atoms with van der Waals surface area (Å²) in [4.78, 5) is 6.85. The topological polar surface area (TPSA) is 54.2 Å². The molecule has 1 unspecified atom stereocenters. The van der Waals surface area contributed by atoms with E-state index in [4.69, 9.17) is 4.52 Å². The Bertz CT molecular complexity index is 366. The highest BCUT2D eigenvalue weighted by molar-refractivity contribution is 5.27. The summed E-state index contributed by atoms with van der Waals surface area (Å²) in [5, 5.41) is 7.66. The number of anilines is 1. The fourth-order valence-electron chi connectivity index (χ4n) is 2.85. The molecule has 1 saturated heterocycles. The van der Waals surface area contributed by atoms with Gasteiger partial charge in [0.2, 0.25) is 5.89 Å². The zero-order valence-electron chi connectivity index (χ0n) is 12.9. The smallest absolute Gasteiger partial charge is 0.266 e. The third-order valence-corrected chi connectivity index (χ3v) is 3.90. The zero-order valence-corrected chi connectivity index (χ0v) is 12.9. The second-order valence-electron chi connectivity index (χ2n) is 5.64. The maximum Gasteiger partial charge on any atom is 0.266 e. The molecule has 1 fully saturated rings. The molecule has 2 rings (SSSR count). The number of aromatic nitrogens is 2. The van der Waals surface area contributed by atoms with Crippen LogP contribution in [0.3, 0.4) is 0 Å². The van der Waals surface area contributed by atoms with Crippen molar-refractivity contribution in [2.24, 2.45) is 0 Å². The van der Waals surface area contributed by atoms with Gasteiger partial charge < -0.3 is 14.7 Å². The molecule has 1 aromatic rings. The average Bonchev–Trinajstić information content (AvgIpc) is 2.73. The zero-order chi connectivity index (χ0) is 14.2. The third-order valence-electron chi connectivity index (χ3n) is 3.90.